The Kier molecular flexibility index (Phi) is 6.74. The molecule has 2 heterocycles. The summed E-state index contributed by atoms with van der Waals surface area (Å²) in [6.45, 7) is 7.72. The van der Waals surface area contributed by atoms with Crippen molar-refractivity contribution in [3.63, 3.8) is 0 Å². The summed E-state index contributed by atoms with van der Waals surface area (Å²) >= 11 is 0. The van der Waals surface area contributed by atoms with Gasteiger partial charge in [0.1, 0.15) is 5.75 Å². The zero-order valence-electron chi connectivity index (χ0n) is 17.0. The van der Waals surface area contributed by atoms with E-state index in [0.29, 0.717) is 19.0 Å². The highest BCUT2D eigenvalue weighted by Crippen LogP contribution is 2.41. The third-order valence-electron chi connectivity index (χ3n) is 6.48. The summed E-state index contributed by atoms with van der Waals surface area (Å²) in [5.74, 6) is -2.00. The van der Waals surface area contributed by atoms with Crippen LogP contribution in [0.2, 0.25) is 0 Å². The summed E-state index contributed by atoms with van der Waals surface area (Å²) < 4.78 is 35.0. The predicted molar refractivity (Wildman–Crippen MR) is 106 cm³/mol. The summed E-state index contributed by atoms with van der Waals surface area (Å²) in [7, 11) is 1.65. The Hall–Kier alpha value is -1.20. The lowest BCUT2D eigenvalue weighted by Gasteiger charge is -2.45. The van der Waals surface area contributed by atoms with Crippen molar-refractivity contribution in [2.24, 2.45) is 11.8 Å². The fourth-order valence-electron chi connectivity index (χ4n) is 4.72. The van der Waals surface area contributed by atoms with E-state index in [1.165, 1.54) is 5.56 Å². The Morgan fingerprint density at radius 3 is 2.30 bits per heavy atom. The van der Waals surface area contributed by atoms with Crippen molar-refractivity contribution >= 4 is 0 Å². The first kappa shape index (κ1) is 20.5. The largest absolute Gasteiger partial charge is 0.497 e. The minimum Gasteiger partial charge on any atom is -0.497 e. The molecule has 0 radical (unpaired) electrons. The molecule has 2 saturated heterocycles. The minimum absolute atomic E-state index is 0.0851. The number of methoxy groups -OCH3 is 1. The second kappa shape index (κ2) is 8.87. The van der Waals surface area contributed by atoms with Crippen LogP contribution in [0.1, 0.15) is 38.7 Å². The number of nitrogens with zero attached hydrogens (tertiary/aromatic N) is 2. The van der Waals surface area contributed by atoms with Crippen molar-refractivity contribution in [2.75, 3.05) is 39.8 Å². The van der Waals surface area contributed by atoms with Gasteiger partial charge in [-0.1, -0.05) is 12.1 Å². The Morgan fingerprint density at radius 2 is 1.74 bits per heavy atom. The summed E-state index contributed by atoms with van der Waals surface area (Å²) in [5.41, 5.74) is 1.17. The lowest BCUT2D eigenvalue weighted by molar-refractivity contribution is -0.135. The van der Waals surface area contributed by atoms with Crippen LogP contribution in [0, 0.1) is 11.8 Å². The van der Waals surface area contributed by atoms with Gasteiger partial charge in [0, 0.05) is 18.5 Å². The molecule has 2 aliphatic rings. The molecule has 0 aliphatic carbocycles. The number of rotatable bonds is 6. The maximum atomic E-state index is 14.9. The fraction of sp³-hybridized carbons (Fsp3) is 0.727. The maximum Gasteiger partial charge on any atom is 0.263 e. The molecule has 2 fully saturated rings. The molecule has 152 valence electrons. The number of alkyl halides is 2. The summed E-state index contributed by atoms with van der Waals surface area (Å²) in [4.78, 5) is 4.36. The molecule has 0 aromatic heterocycles. The van der Waals surface area contributed by atoms with E-state index < -0.39 is 11.8 Å². The van der Waals surface area contributed by atoms with Crippen molar-refractivity contribution in [3.8, 4) is 5.75 Å². The average molecular weight is 381 g/mol. The Morgan fingerprint density at radius 1 is 1.07 bits per heavy atom. The zero-order chi connectivity index (χ0) is 19.4. The van der Waals surface area contributed by atoms with E-state index >= 15 is 0 Å². The van der Waals surface area contributed by atoms with Crippen LogP contribution < -0.4 is 4.74 Å². The number of benzene rings is 1. The number of hydrogen-bond donors (Lipinski definition) is 0. The van der Waals surface area contributed by atoms with Gasteiger partial charge in [-0.2, -0.15) is 0 Å². The second-order valence-electron chi connectivity index (χ2n) is 8.50. The van der Waals surface area contributed by atoms with Gasteiger partial charge in [0.05, 0.1) is 13.7 Å². The van der Waals surface area contributed by atoms with Crippen LogP contribution in [-0.4, -0.2) is 61.6 Å². The molecule has 0 spiro atoms. The van der Waals surface area contributed by atoms with Crippen LogP contribution in [-0.2, 0) is 6.42 Å². The van der Waals surface area contributed by atoms with Crippen molar-refractivity contribution < 1.29 is 13.5 Å². The van der Waals surface area contributed by atoms with E-state index in [4.69, 9.17) is 4.74 Å². The third-order valence-corrected chi connectivity index (χ3v) is 6.48. The van der Waals surface area contributed by atoms with Crippen LogP contribution in [0.15, 0.2) is 24.3 Å². The molecule has 0 bridgehead atoms. The normalized spacial score (nSPS) is 25.0. The molecule has 3 nitrogen and oxygen atoms in total. The molecule has 27 heavy (non-hydrogen) atoms. The minimum atomic E-state index is -2.57. The molecule has 0 saturated carbocycles. The Bertz CT molecular complexity index is 582. The highest BCUT2D eigenvalue weighted by atomic mass is 19.3. The Labute approximate surface area is 162 Å². The first-order valence-electron chi connectivity index (χ1n) is 10.4. The van der Waals surface area contributed by atoms with E-state index in [1.54, 1.807) is 7.11 Å². The molecule has 1 aromatic carbocycles. The van der Waals surface area contributed by atoms with E-state index in [9.17, 15) is 8.78 Å². The number of piperidine rings is 2. The van der Waals surface area contributed by atoms with Crippen LogP contribution in [0.5, 0.6) is 5.75 Å². The molecular weight excluding hydrogens is 346 g/mol. The topological polar surface area (TPSA) is 15.7 Å². The van der Waals surface area contributed by atoms with Gasteiger partial charge in [-0.15, -0.1) is 0 Å². The SMILES string of the molecule is COc1ccc(CCN2CCC(C3CCN(C(C)C)CC3)C(F)(F)C2)cc1. The Balaban J connectivity index is 1.49. The van der Waals surface area contributed by atoms with Gasteiger partial charge < -0.3 is 9.64 Å². The molecule has 2 aliphatic heterocycles. The van der Waals surface area contributed by atoms with E-state index in [-0.39, 0.29) is 12.5 Å². The lowest BCUT2D eigenvalue weighted by Crippen LogP contribution is -2.53. The number of hydrogen-bond acceptors (Lipinski definition) is 3. The molecular formula is C22H34F2N2O. The van der Waals surface area contributed by atoms with Gasteiger partial charge in [-0.05, 0) is 82.8 Å². The van der Waals surface area contributed by atoms with E-state index in [0.717, 1.165) is 44.6 Å². The predicted octanol–water partition coefficient (Wildman–Crippen LogP) is 4.32. The fourth-order valence-corrected chi connectivity index (χ4v) is 4.72. The smallest absolute Gasteiger partial charge is 0.263 e. The number of halogens is 2. The highest BCUT2D eigenvalue weighted by Gasteiger charge is 2.48. The highest BCUT2D eigenvalue weighted by molar-refractivity contribution is 5.27. The molecule has 1 atom stereocenters. The molecule has 5 heteroatoms. The summed E-state index contributed by atoms with van der Waals surface area (Å²) in [5, 5.41) is 0. The van der Waals surface area contributed by atoms with Gasteiger partial charge >= 0.3 is 0 Å². The third kappa shape index (κ3) is 5.20. The molecule has 1 aromatic rings. The van der Waals surface area contributed by atoms with Gasteiger partial charge in [0.25, 0.3) is 5.92 Å². The molecule has 3 rings (SSSR count). The number of likely N-dealkylation sites (tertiary alicyclic amines) is 2. The van der Waals surface area contributed by atoms with Gasteiger partial charge in [-0.25, -0.2) is 8.78 Å². The standard InChI is InChI=1S/C22H34F2N2O/c1-17(2)26-14-9-19(10-15-26)21-11-13-25(16-22(21,23)24)12-8-18-4-6-20(27-3)7-5-18/h4-7,17,19,21H,8-16H2,1-3H3. The van der Waals surface area contributed by atoms with Crippen molar-refractivity contribution in [2.45, 2.75) is 51.5 Å². The molecule has 1 unspecified atom stereocenters. The quantitative estimate of drug-likeness (QED) is 0.731. The van der Waals surface area contributed by atoms with Gasteiger partial charge in [0.2, 0.25) is 0 Å². The van der Waals surface area contributed by atoms with Crippen molar-refractivity contribution in [1.82, 2.24) is 9.80 Å². The van der Waals surface area contributed by atoms with E-state index in [1.807, 2.05) is 29.2 Å². The van der Waals surface area contributed by atoms with Crippen LogP contribution in [0.25, 0.3) is 0 Å². The monoisotopic (exact) mass is 380 g/mol. The van der Waals surface area contributed by atoms with Gasteiger partial charge in [-0.3, -0.25) is 4.90 Å². The first-order chi connectivity index (χ1) is 12.9. The average Bonchev–Trinajstić information content (AvgIpc) is 2.66. The van der Waals surface area contributed by atoms with Crippen molar-refractivity contribution in [1.29, 1.82) is 0 Å². The summed E-state index contributed by atoms with van der Waals surface area (Å²) in [6, 6.07) is 8.42. The lowest BCUT2D eigenvalue weighted by atomic mass is 9.76. The number of ether oxygens (including phenoxy) is 1. The molecule has 0 amide bonds. The maximum absolute atomic E-state index is 14.9. The van der Waals surface area contributed by atoms with Crippen LogP contribution in [0.4, 0.5) is 8.78 Å². The van der Waals surface area contributed by atoms with E-state index in [2.05, 4.69) is 18.7 Å². The molecule has 0 N–H and O–H groups in total. The van der Waals surface area contributed by atoms with Crippen molar-refractivity contribution in [3.05, 3.63) is 29.8 Å². The second-order valence-corrected chi connectivity index (χ2v) is 8.50. The first-order valence-corrected chi connectivity index (χ1v) is 10.4. The summed E-state index contributed by atoms with van der Waals surface area (Å²) in [6.07, 6.45) is 3.27. The van der Waals surface area contributed by atoms with Crippen LogP contribution in [0.3, 0.4) is 0 Å². The van der Waals surface area contributed by atoms with Gasteiger partial charge in [0.15, 0.2) is 0 Å². The zero-order valence-corrected chi connectivity index (χ0v) is 17.0. The van der Waals surface area contributed by atoms with Crippen LogP contribution >= 0.6 is 0 Å².